The van der Waals surface area contributed by atoms with E-state index in [4.69, 9.17) is 4.74 Å². The summed E-state index contributed by atoms with van der Waals surface area (Å²) in [5.41, 5.74) is 2.93. The number of methoxy groups -OCH3 is 2. The minimum Gasteiger partial charge on any atom is -0.497 e. The van der Waals surface area contributed by atoms with Gasteiger partial charge >= 0.3 is 6.09 Å². The number of hydrogen-bond acceptors (Lipinski definition) is 4. The van der Waals surface area contributed by atoms with Crippen LogP contribution in [0.5, 0.6) is 5.75 Å². The number of guanidine groups is 1. The van der Waals surface area contributed by atoms with Crippen molar-refractivity contribution in [2.75, 3.05) is 33.6 Å². The van der Waals surface area contributed by atoms with E-state index >= 15 is 0 Å². The van der Waals surface area contributed by atoms with E-state index in [0.29, 0.717) is 12.2 Å². The summed E-state index contributed by atoms with van der Waals surface area (Å²) in [5, 5.41) is 5.96. The van der Waals surface area contributed by atoms with Crippen LogP contribution in [-0.4, -0.2) is 45.3 Å². The van der Waals surface area contributed by atoms with Gasteiger partial charge in [-0.25, -0.2) is 4.79 Å². The molecule has 2 N–H and O–H groups in total. The van der Waals surface area contributed by atoms with E-state index in [1.54, 1.807) is 14.2 Å². The third-order valence-corrected chi connectivity index (χ3v) is 3.99. The molecule has 0 unspecified atom stereocenters. The fourth-order valence-corrected chi connectivity index (χ4v) is 2.52. The molecule has 0 aliphatic heterocycles. The highest BCUT2D eigenvalue weighted by atomic mass is 127. The van der Waals surface area contributed by atoms with E-state index < -0.39 is 6.09 Å². The first-order valence-electron chi connectivity index (χ1n) is 8.54. The number of carbonyl (C=O) groups excluding carboxylic acids is 1. The van der Waals surface area contributed by atoms with Gasteiger partial charge in [-0.15, -0.1) is 24.0 Å². The molecule has 7 nitrogen and oxygen atoms in total. The third kappa shape index (κ3) is 7.26. The molecule has 2 aromatic rings. The van der Waals surface area contributed by atoms with E-state index in [-0.39, 0.29) is 24.0 Å². The van der Waals surface area contributed by atoms with Gasteiger partial charge in [-0.3, -0.25) is 10.3 Å². The van der Waals surface area contributed by atoms with Gasteiger partial charge in [0.25, 0.3) is 0 Å². The molecule has 0 aromatic heterocycles. The fourth-order valence-electron chi connectivity index (χ4n) is 2.52. The number of aliphatic imine (C=N–C) groups is 1. The molecule has 8 heteroatoms. The van der Waals surface area contributed by atoms with Gasteiger partial charge in [0.15, 0.2) is 5.96 Å². The van der Waals surface area contributed by atoms with Crippen LogP contribution in [-0.2, 0) is 17.8 Å². The molecule has 0 saturated carbocycles. The summed E-state index contributed by atoms with van der Waals surface area (Å²) in [4.78, 5) is 17.6. The monoisotopic (exact) mass is 498 g/mol. The average molecular weight is 498 g/mol. The van der Waals surface area contributed by atoms with E-state index in [2.05, 4.69) is 25.3 Å². The maximum absolute atomic E-state index is 11.2. The Kier molecular flexibility index (Phi) is 10.1. The van der Waals surface area contributed by atoms with Gasteiger partial charge in [-0.2, -0.15) is 0 Å². The number of halogens is 1. The van der Waals surface area contributed by atoms with Crippen molar-refractivity contribution >= 4 is 41.7 Å². The van der Waals surface area contributed by atoms with Crippen LogP contribution < -0.4 is 15.4 Å². The van der Waals surface area contributed by atoms with Gasteiger partial charge in [-0.1, -0.05) is 24.3 Å². The first-order chi connectivity index (χ1) is 13.0. The summed E-state index contributed by atoms with van der Waals surface area (Å²) in [6, 6.07) is 15.5. The molecule has 0 radical (unpaired) electrons. The van der Waals surface area contributed by atoms with Gasteiger partial charge in [0.05, 0.1) is 14.2 Å². The summed E-state index contributed by atoms with van der Waals surface area (Å²) in [5.74, 6) is 1.64. The number of benzene rings is 2. The van der Waals surface area contributed by atoms with Crippen LogP contribution in [0.15, 0.2) is 53.5 Å². The third-order valence-electron chi connectivity index (χ3n) is 3.99. The topological polar surface area (TPSA) is 75.2 Å². The molecule has 2 rings (SSSR count). The Hall–Kier alpha value is -2.49. The van der Waals surface area contributed by atoms with Gasteiger partial charge in [0.2, 0.25) is 0 Å². The smallest absolute Gasteiger partial charge is 0.411 e. The molecule has 0 bridgehead atoms. The number of rotatable bonds is 6. The van der Waals surface area contributed by atoms with Gasteiger partial charge in [0.1, 0.15) is 5.75 Å². The Morgan fingerprint density at radius 3 is 2.18 bits per heavy atom. The van der Waals surface area contributed by atoms with Crippen molar-refractivity contribution in [3.8, 4) is 5.75 Å². The zero-order valence-corrected chi connectivity index (χ0v) is 18.9. The Bertz CT molecular complexity index is 764. The van der Waals surface area contributed by atoms with Crippen LogP contribution in [0.4, 0.5) is 10.5 Å². The minimum absolute atomic E-state index is 0. The average Bonchev–Trinajstić information content (AvgIpc) is 2.70. The summed E-state index contributed by atoms with van der Waals surface area (Å²) in [7, 11) is 6.74. The number of nitrogens with one attached hydrogen (secondary N) is 2. The first-order valence-corrected chi connectivity index (χ1v) is 8.54. The molecular formula is C20H27IN4O3. The number of ether oxygens (including phenoxy) is 2. The maximum Gasteiger partial charge on any atom is 0.411 e. The lowest BCUT2D eigenvalue weighted by molar-refractivity contribution is 0.187. The van der Waals surface area contributed by atoms with Crippen LogP contribution >= 0.6 is 24.0 Å². The SMILES string of the molecule is CN=C(NCc1ccc(NC(=O)OC)cc1)N(C)Cc1ccc(OC)cc1.I. The zero-order valence-electron chi connectivity index (χ0n) is 16.6. The number of amides is 1. The Morgan fingerprint density at radius 1 is 1.04 bits per heavy atom. The number of hydrogen-bond donors (Lipinski definition) is 2. The lowest BCUT2D eigenvalue weighted by atomic mass is 10.2. The molecule has 152 valence electrons. The van der Waals surface area contributed by atoms with E-state index in [9.17, 15) is 4.79 Å². The van der Waals surface area contributed by atoms with Crippen molar-refractivity contribution in [1.82, 2.24) is 10.2 Å². The summed E-state index contributed by atoms with van der Waals surface area (Å²) < 4.78 is 9.76. The number of anilines is 1. The molecule has 2 aromatic carbocycles. The van der Waals surface area contributed by atoms with Crippen LogP contribution in [0.3, 0.4) is 0 Å². The molecule has 0 atom stereocenters. The maximum atomic E-state index is 11.2. The van der Waals surface area contributed by atoms with E-state index in [1.165, 1.54) is 12.7 Å². The molecule has 0 aliphatic carbocycles. The van der Waals surface area contributed by atoms with Crippen molar-refractivity contribution < 1.29 is 14.3 Å². The summed E-state index contributed by atoms with van der Waals surface area (Å²) >= 11 is 0. The predicted octanol–water partition coefficient (Wildman–Crippen LogP) is 3.70. The van der Waals surface area contributed by atoms with Crippen molar-refractivity contribution in [3.05, 3.63) is 59.7 Å². The number of carbonyl (C=O) groups is 1. The van der Waals surface area contributed by atoms with Gasteiger partial charge in [-0.05, 0) is 35.4 Å². The molecule has 0 saturated heterocycles. The second-order valence-corrected chi connectivity index (χ2v) is 5.92. The lowest BCUT2D eigenvalue weighted by Gasteiger charge is -2.22. The minimum atomic E-state index is -0.485. The largest absolute Gasteiger partial charge is 0.497 e. The predicted molar refractivity (Wildman–Crippen MR) is 123 cm³/mol. The van der Waals surface area contributed by atoms with Gasteiger partial charge < -0.3 is 19.7 Å². The normalized spacial score (nSPS) is 10.5. The zero-order chi connectivity index (χ0) is 19.6. The van der Waals surface area contributed by atoms with Crippen molar-refractivity contribution in [2.45, 2.75) is 13.1 Å². The first kappa shape index (κ1) is 23.5. The second kappa shape index (κ2) is 12.1. The molecule has 0 spiro atoms. The van der Waals surface area contributed by atoms with Gasteiger partial charge in [0, 0.05) is 32.9 Å². The number of nitrogens with zero attached hydrogens (tertiary/aromatic N) is 2. The molecule has 1 amide bonds. The van der Waals surface area contributed by atoms with Crippen LogP contribution in [0.1, 0.15) is 11.1 Å². The van der Waals surface area contributed by atoms with Crippen molar-refractivity contribution in [1.29, 1.82) is 0 Å². The second-order valence-electron chi connectivity index (χ2n) is 5.92. The summed E-state index contributed by atoms with van der Waals surface area (Å²) in [6.07, 6.45) is -0.485. The molecule has 0 heterocycles. The molecule has 0 aliphatic rings. The standard InChI is InChI=1S/C20H26N4O3.HI/c1-21-19(24(2)14-16-7-11-18(26-3)12-8-16)22-13-15-5-9-17(10-6-15)23-20(25)27-4;/h5-12H,13-14H2,1-4H3,(H,21,22)(H,23,25);1H. The molecule has 28 heavy (non-hydrogen) atoms. The van der Waals surface area contributed by atoms with Crippen LogP contribution in [0.2, 0.25) is 0 Å². The van der Waals surface area contributed by atoms with E-state index in [1.807, 2.05) is 55.6 Å². The Balaban J connectivity index is 0.00000392. The summed E-state index contributed by atoms with van der Waals surface area (Å²) in [6.45, 7) is 1.35. The highest BCUT2D eigenvalue weighted by Gasteiger charge is 2.07. The molecular weight excluding hydrogens is 471 g/mol. The van der Waals surface area contributed by atoms with Crippen LogP contribution in [0, 0.1) is 0 Å². The highest BCUT2D eigenvalue weighted by Crippen LogP contribution is 2.13. The Labute approximate surface area is 183 Å². The highest BCUT2D eigenvalue weighted by molar-refractivity contribution is 14.0. The Morgan fingerprint density at radius 2 is 1.64 bits per heavy atom. The quantitative estimate of drug-likeness (QED) is 0.361. The van der Waals surface area contributed by atoms with Crippen molar-refractivity contribution in [3.63, 3.8) is 0 Å². The molecule has 0 fully saturated rings. The van der Waals surface area contributed by atoms with Crippen LogP contribution in [0.25, 0.3) is 0 Å². The van der Waals surface area contributed by atoms with E-state index in [0.717, 1.165) is 23.8 Å². The van der Waals surface area contributed by atoms with Crippen molar-refractivity contribution in [2.24, 2.45) is 4.99 Å². The lowest BCUT2D eigenvalue weighted by Crippen LogP contribution is -2.38. The fraction of sp³-hybridized carbons (Fsp3) is 0.300.